The Balaban J connectivity index is 2.14. The average molecular weight is 375 g/mol. The largest absolute Gasteiger partial charge is 0.326 e. The summed E-state index contributed by atoms with van der Waals surface area (Å²) in [7, 11) is 0. The van der Waals surface area contributed by atoms with Gasteiger partial charge in [0.05, 0.1) is 0 Å². The van der Waals surface area contributed by atoms with Crippen LogP contribution in [0.4, 0.5) is 5.69 Å². The van der Waals surface area contributed by atoms with E-state index in [-0.39, 0.29) is 22.7 Å². The normalized spacial score (nSPS) is 20.6. The molecule has 0 saturated heterocycles. The van der Waals surface area contributed by atoms with Crippen LogP contribution in [0.25, 0.3) is 0 Å². The Morgan fingerprint density at radius 3 is 1.89 bits per heavy atom. The first kappa shape index (κ1) is 14.1. The Bertz CT molecular complexity index is 474. The molecule has 1 aromatic rings. The van der Waals surface area contributed by atoms with Crippen LogP contribution in [0.2, 0.25) is 0 Å². The summed E-state index contributed by atoms with van der Waals surface area (Å²) in [5.74, 6) is 0.178. The first-order valence-electron chi connectivity index (χ1n) is 5.93. The number of hydrogen-bond donors (Lipinski definition) is 1. The van der Waals surface area contributed by atoms with Gasteiger partial charge < -0.3 is 5.32 Å². The number of carbonyl (C=O) groups is 1. The molecule has 0 aromatic heterocycles. The van der Waals surface area contributed by atoms with Gasteiger partial charge in [0, 0.05) is 20.6 Å². The van der Waals surface area contributed by atoms with Gasteiger partial charge in [-0.25, -0.2) is 0 Å². The molecule has 0 aliphatic heterocycles. The van der Waals surface area contributed by atoms with Gasteiger partial charge in [-0.1, -0.05) is 59.6 Å². The first-order valence-corrected chi connectivity index (χ1v) is 7.52. The monoisotopic (exact) mass is 373 g/mol. The van der Waals surface area contributed by atoms with Crippen molar-refractivity contribution in [1.82, 2.24) is 0 Å². The van der Waals surface area contributed by atoms with Gasteiger partial charge in [0.1, 0.15) is 0 Å². The Morgan fingerprint density at radius 2 is 1.50 bits per heavy atom. The summed E-state index contributed by atoms with van der Waals surface area (Å²) in [6.07, 6.45) is 0. The highest BCUT2D eigenvalue weighted by atomic mass is 79.9. The Kier molecular flexibility index (Phi) is 3.39. The van der Waals surface area contributed by atoms with E-state index in [9.17, 15) is 4.79 Å². The lowest BCUT2D eigenvalue weighted by Crippen LogP contribution is -2.17. The van der Waals surface area contributed by atoms with E-state index in [1.165, 1.54) is 0 Å². The van der Waals surface area contributed by atoms with Crippen molar-refractivity contribution in [3.05, 3.63) is 27.1 Å². The smallest absolute Gasteiger partial charge is 0.228 e. The predicted octanol–water partition coefficient (Wildman–Crippen LogP) is 4.83. The van der Waals surface area contributed by atoms with E-state index in [0.717, 1.165) is 14.6 Å². The molecule has 2 rings (SSSR count). The summed E-state index contributed by atoms with van der Waals surface area (Å²) in [5.41, 5.74) is 0.959. The SMILES string of the molecule is CC1(C)C(C(=O)Nc2cc(Br)cc(Br)c2)C1(C)C. The van der Waals surface area contributed by atoms with Crippen molar-refractivity contribution in [1.29, 1.82) is 0 Å². The maximum atomic E-state index is 12.3. The molecule has 0 heterocycles. The minimum absolute atomic E-state index is 0.0698. The second-order valence-corrected chi connectivity index (χ2v) is 7.86. The summed E-state index contributed by atoms with van der Waals surface area (Å²) in [6.45, 7) is 8.59. The van der Waals surface area contributed by atoms with Gasteiger partial charge in [-0.2, -0.15) is 0 Å². The molecule has 0 radical (unpaired) electrons. The van der Waals surface area contributed by atoms with Crippen LogP contribution >= 0.6 is 31.9 Å². The standard InChI is InChI=1S/C14H17Br2NO/c1-13(2)11(14(13,3)4)12(18)17-10-6-8(15)5-9(16)7-10/h5-7,11H,1-4H3,(H,17,18). The Labute approximate surface area is 125 Å². The quantitative estimate of drug-likeness (QED) is 0.788. The van der Waals surface area contributed by atoms with E-state index in [2.05, 4.69) is 64.9 Å². The molecule has 0 bridgehead atoms. The third-order valence-electron chi connectivity index (χ3n) is 4.41. The fraction of sp³-hybridized carbons (Fsp3) is 0.500. The zero-order chi connectivity index (χ0) is 13.7. The number of carbonyl (C=O) groups excluding carboxylic acids is 1. The summed E-state index contributed by atoms with van der Waals surface area (Å²) in [5, 5.41) is 3.00. The molecular formula is C14H17Br2NO. The molecule has 0 spiro atoms. The molecule has 1 N–H and O–H groups in total. The van der Waals surface area contributed by atoms with Crippen LogP contribution < -0.4 is 5.32 Å². The lowest BCUT2D eigenvalue weighted by molar-refractivity contribution is -0.118. The summed E-state index contributed by atoms with van der Waals surface area (Å²) in [6, 6.07) is 5.76. The number of nitrogens with one attached hydrogen (secondary N) is 1. The van der Waals surface area contributed by atoms with Crippen molar-refractivity contribution in [2.45, 2.75) is 27.7 Å². The lowest BCUT2D eigenvalue weighted by atomic mass is 10.0. The zero-order valence-corrected chi connectivity index (χ0v) is 14.1. The highest BCUT2D eigenvalue weighted by Crippen LogP contribution is 2.68. The fourth-order valence-corrected chi connectivity index (χ4v) is 3.99. The number of anilines is 1. The van der Waals surface area contributed by atoms with Gasteiger partial charge in [0.25, 0.3) is 0 Å². The maximum absolute atomic E-state index is 12.3. The number of halogens is 2. The lowest BCUT2D eigenvalue weighted by Gasteiger charge is -2.07. The topological polar surface area (TPSA) is 29.1 Å². The van der Waals surface area contributed by atoms with Crippen molar-refractivity contribution >= 4 is 43.5 Å². The molecule has 18 heavy (non-hydrogen) atoms. The number of rotatable bonds is 2. The van der Waals surface area contributed by atoms with Crippen LogP contribution in [-0.2, 0) is 4.79 Å². The Morgan fingerprint density at radius 1 is 1.06 bits per heavy atom. The van der Waals surface area contributed by atoms with Crippen molar-refractivity contribution < 1.29 is 4.79 Å². The highest BCUT2D eigenvalue weighted by Gasteiger charge is 2.68. The van der Waals surface area contributed by atoms with E-state index >= 15 is 0 Å². The van der Waals surface area contributed by atoms with Crippen molar-refractivity contribution in [3.8, 4) is 0 Å². The second-order valence-electron chi connectivity index (χ2n) is 6.02. The van der Waals surface area contributed by atoms with Gasteiger partial charge in [-0.15, -0.1) is 0 Å². The van der Waals surface area contributed by atoms with Gasteiger partial charge in [-0.05, 0) is 29.0 Å². The zero-order valence-electron chi connectivity index (χ0n) is 11.0. The molecule has 0 unspecified atom stereocenters. The van der Waals surface area contributed by atoms with Crippen molar-refractivity contribution in [2.75, 3.05) is 5.32 Å². The van der Waals surface area contributed by atoms with Gasteiger partial charge in [-0.3, -0.25) is 4.79 Å². The van der Waals surface area contributed by atoms with Crippen LogP contribution in [-0.4, -0.2) is 5.91 Å². The maximum Gasteiger partial charge on any atom is 0.228 e. The van der Waals surface area contributed by atoms with Crippen LogP contribution in [0.1, 0.15) is 27.7 Å². The van der Waals surface area contributed by atoms with Crippen molar-refractivity contribution in [3.63, 3.8) is 0 Å². The van der Waals surface area contributed by atoms with Crippen molar-refractivity contribution in [2.24, 2.45) is 16.7 Å². The van der Waals surface area contributed by atoms with Gasteiger partial charge in [0.15, 0.2) is 0 Å². The van der Waals surface area contributed by atoms with Crippen LogP contribution in [0.15, 0.2) is 27.1 Å². The molecular weight excluding hydrogens is 358 g/mol. The molecule has 1 aromatic carbocycles. The van der Waals surface area contributed by atoms with Crippen LogP contribution in [0, 0.1) is 16.7 Å². The second kappa shape index (κ2) is 4.34. The minimum atomic E-state index is 0.0698. The molecule has 0 atom stereocenters. The number of amides is 1. The molecule has 4 heteroatoms. The van der Waals surface area contributed by atoms with Crippen LogP contribution in [0.5, 0.6) is 0 Å². The molecule has 98 valence electrons. The molecule has 1 amide bonds. The van der Waals surface area contributed by atoms with Gasteiger partial charge in [0.2, 0.25) is 5.91 Å². The third-order valence-corrected chi connectivity index (χ3v) is 5.33. The Hall–Kier alpha value is -0.350. The third kappa shape index (κ3) is 2.25. The average Bonchev–Trinajstić information content (AvgIpc) is 2.54. The number of hydrogen-bond acceptors (Lipinski definition) is 1. The summed E-state index contributed by atoms with van der Waals surface area (Å²) < 4.78 is 1.89. The molecule has 1 aliphatic carbocycles. The molecule has 2 nitrogen and oxygen atoms in total. The first-order chi connectivity index (χ1) is 8.16. The van der Waals surface area contributed by atoms with Crippen LogP contribution in [0.3, 0.4) is 0 Å². The predicted molar refractivity (Wildman–Crippen MR) is 81.5 cm³/mol. The summed E-state index contributed by atoms with van der Waals surface area (Å²) >= 11 is 6.84. The molecule has 1 fully saturated rings. The molecule has 1 saturated carbocycles. The van der Waals surface area contributed by atoms with Gasteiger partial charge >= 0.3 is 0 Å². The van der Waals surface area contributed by atoms with E-state index in [4.69, 9.17) is 0 Å². The van der Waals surface area contributed by atoms with E-state index < -0.39 is 0 Å². The van der Waals surface area contributed by atoms with E-state index in [1.54, 1.807) is 0 Å². The number of benzene rings is 1. The van der Waals surface area contributed by atoms with E-state index in [0.29, 0.717) is 0 Å². The minimum Gasteiger partial charge on any atom is -0.326 e. The molecule has 1 aliphatic rings. The fourth-order valence-electron chi connectivity index (χ4n) is 2.69. The highest BCUT2D eigenvalue weighted by molar-refractivity contribution is 9.11. The van der Waals surface area contributed by atoms with E-state index in [1.807, 2.05) is 18.2 Å². The summed E-state index contributed by atoms with van der Waals surface area (Å²) in [4.78, 5) is 12.3.